The van der Waals surface area contributed by atoms with Crippen molar-refractivity contribution < 1.29 is 9.47 Å². The van der Waals surface area contributed by atoms with E-state index in [0.29, 0.717) is 34.9 Å². The third-order valence-corrected chi connectivity index (χ3v) is 4.90. The molecule has 2 aromatic rings. The zero-order valence-corrected chi connectivity index (χ0v) is 15.7. The molecular weight excluding hydrogens is 330 g/mol. The molecule has 1 aromatic heterocycles. The van der Waals surface area contributed by atoms with Gasteiger partial charge in [0.1, 0.15) is 11.9 Å². The molecule has 0 radical (unpaired) electrons. The van der Waals surface area contributed by atoms with Gasteiger partial charge in [-0.1, -0.05) is 0 Å². The Morgan fingerprint density at radius 1 is 1.15 bits per heavy atom. The number of aromatic nitrogens is 2. The van der Waals surface area contributed by atoms with Gasteiger partial charge in [-0.15, -0.1) is 0 Å². The summed E-state index contributed by atoms with van der Waals surface area (Å²) in [6.45, 7) is 6.57. The molecule has 7 nitrogen and oxygen atoms in total. The average molecular weight is 355 g/mol. The lowest BCUT2D eigenvalue weighted by Gasteiger charge is -2.35. The second-order valence-corrected chi connectivity index (χ2v) is 6.78. The van der Waals surface area contributed by atoms with Crippen LogP contribution in [0.4, 0.5) is 5.82 Å². The van der Waals surface area contributed by atoms with E-state index in [9.17, 15) is 5.26 Å². The van der Waals surface area contributed by atoms with Crippen molar-refractivity contribution in [1.82, 2.24) is 14.9 Å². The molecular formula is C19H25N5O2. The Hall–Kier alpha value is -2.59. The molecule has 1 N–H and O–H groups in total. The summed E-state index contributed by atoms with van der Waals surface area (Å²) in [6.07, 6.45) is 2.08. The number of nitriles is 1. The highest BCUT2D eigenvalue weighted by Crippen LogP contribution is 2.34. The number of piperidine rings is 1. The number of nitrogens with zero attached hydrogens (tertiary/aromatic N) is 4. The molecule has 0 bridgehead atoms. The highest BCUT2D eigenvalue weighted by Gasteiger charge is 2.22. The molecule has 0 amide bonds. The molecule has 2 heterocycles. The molecule has 0 unspecified atom stereocenters. The van der Waals surface area contributed by atoms with Crippen LogP contribution in [-0.2, 0) is 0 Å². The first kappa shape index (κ1) is 18.2. The molecule has 1 aliphatic rings. The predicted octanol–water partition coefficient (Wildman–Crippen LogP) is 2.80. The van der Waals surface area contributed by atoms with E-state index in [0.717, 1.165) is 31.3 Å². The molecule has 7 heteroatoms. The molecule has 1 saturated heterocycles. The van der Waals surface area contributed by atoms with Gasteiger partial charge in [0.15, 0.2) is 11.5 Å². The highest BCUT2D eigenvalue weighted by atomic mass is 16.5. The third kappa shape index (κ3) is 3.65. The van der Waals surface area contributed by atoms with Gasteiger partial charge in [-0.2, -0.15) is 5.26 Å². The van der Waals surface area contributed by atoms with Gasteiger partial charge in [0, 0.05) is 36.6 Å². The number of rotatable bonds is 5. The average Bonchev–Trinajstić information content (AvgIpc) is 2.67. The Labute approximate surface area is 153 Å². The normalized spacial score (nSPS) is 15.8. The summed E-state index contributed by atoms with van der Waals surface area (Å²) < 4.78 is 10.8. The van der Waals surface area contributed by atoms with Crippen molar-refractivity contribution in [2.24, 2.45) is 0 Å². The van der Waals surface area contributed by atoms with Gasteiger partial charge in [0.2, 0.25) is 5.82 Å². The van der Waals surface area contributed by atoms with Gasteiger partial charge < -0.3 is 19.7 Å². The highest BCUT2D eigenvalue weighted by molar-refractivity contribution is 5.92. The van der Waals surface area contributed by atoms with Crippen LogP contribution in [0.5, 0.6) is 11.5 Å². The van der Waals surface area contributed by atoms with Crippen LogP contribution in [0, 0.1) is 11.3 Å². The summed E-state index contributed by atoms with van der Waals surface area (Å²) >= 11 is 0. The van der Waals surface area contributed by atoms with E-state index in [1.165, 1.54) is 0 Å². The van der Waals surface area contributed by atoms with E-state index in [1.54, 1.807) is 20.3 Å². The number of benzene rings is 1. The van der Waals surface area contributed by atoms with Crippen molar-refractivity contribution in [3.63, 3.8) is 0 Å². The van der Waals surface area contributed by atoms with E-state index < -0.39 is 0 Å². The van der Waals surface area contributed by atoms with Crippen LogP contribution in [0.3, 0.4) is 0 Å². The molecule has 138 valence electrons. The quantitative estimate of drug-likeness (QED) is 0.883. The number of hydrogen-bond acceptors (Lipinski definition) is 7. The maximum Gasteiger partial charge on any atom is 0.234 e. The van der Waals surface area contributed by atoms with Gasteiger partial charge in [0.05, 0.1) is 19.7 Å². The van der Waals surface area contributed by atoms with Crippen LogP contribution >= 0.6 is 0 Å². The van der Waals surface area contributed by atoms with Crippen LogP contribution in [0.1, 0.15) is 32.5 Å². The minimum Gasteiger partial charge on any atom is -0.493 e. The summed E-state index contributed by atoms with van der Waals surface area (Å²) in [6, 6.07) is 6.57. The summed E-state index contributed by atoms with van der Waals surface area (Å²) in [7, 11) is 3.18. The zero-order chi connectivity index (χ0) is 18.7. The monoisotopic (exact) mass is 355 g/mol. The zero-order valence-electron chi connectivity index (χ0n) is 15.7. The van der Waals surface area contributed by atoms with Gasteiger partial charge in [-0.05, 0) is 32.8 Å². The fourth-order valence-electron chi connectivity index (χ4n) is 3.37. The lowest BCUT2D eigenvalue weighted by molar-refractivity contribution is 0.177. The van der Waals surface area contributed by atoms with E-state index in [1.807, 2.05) is 12.1 Å². The molecule has 1 aromatic carbocycles. The number of methoxy groups -OCH3 is 2. The Kier molecular flexibility index (Phi) is 5.43. The lowest BCUT2D eigenvalue weighted by Crippen LogP contribution is -2.42. The topological polar surface area (TPSA) is 83.3 Å². The van der Waals surface area contributed by atoms with Crippen molar-refractivity contribution in [2.45, 2.75) is 38.8 Å². The van der Waals surface area contributed by atoms with Crippen LogP contribution in [0.15, 0.2) is 12.1 Å². The van der Waals surface area contributed by atoms with Crippen LogP contribution in [-0.4, -0.2) is 54.3 Å². The molecule has 3 rings (SSSR count). The number of ether oxygens (including phenoxy) is 2. The van der Waals surface area contributed by atoms with Crippen molar-refractivity contribution in [1.29, 1.82) is 5.26 Å². The molecule has 1 fully saturated rings. The SMILES string of the molecule is COc1cc2nc(C#N)nc(NC3CCN(C(C)C)CC3)c2cc1OC. The maximum atomic E-state index is 9.29. The summed E-state index contributed by atoms with van der Waals surface area (Å²) in [5, 5.41) is 13.6. The summed E-state index contributed by atoms with van der Waals surface area (Å²) in [4.78, 5) is 11.2. The predicted molar refractivity (Wildman–Crippen MR) is 101 cm³/mol. The molecule has 26 heavy (non-hydrogen) atoms. The molecule has 0 saturated carbocycles. The Bertz CT molecular complexity index is 823. The van der Waals surface area contributed by atoms with Gasteiger partial charge in [-0.3, -0.25) is 0 Å². The second-order valence-electron chi connectivity index (χ2n) is 6.78. The van der Waals surface area contributed by atoms with Crippen molar-refractivity contribution >= 4 is 16.7 Å². The minimum absolute atomic E-state index is 0.145. The van der Waals surface area contributed by atoms with Gasteiger partial charge >= 0.3 is 0 Å². The number of hydrogen-bond donors (Lipinski definition) is 1. The smallest absolute Gasteiger partial charge is 0.234 e. The number of fused-ring (bicyclic) bond motifs is 1. The second kappa shape index (κ2) is 7.75. The summed E-state index contributed by atoms with van der Waals surface area (Å²) in [5.74, 6) is 2.02. The van der Waals surface area contributed by atoms with Crippen molar-refractivity contribution in [3.8, 4) is 17.6 Å². The first-order chi connectivity index (χ1) is 12.5. The van der Waals surface area contributed by atoms with Crippen LogP contribution in [0.2, 0.25) is 0 Å². The Morgan fingerprint density at radius 2 is 1.81 bits per heavy atom. The molecule has 0 spiro atoms. The summed E-state index contributed by atoms with van der Waals surface area (Å²) in [5.41, 5.74) is 0.663. The fourth-order valence-corrected chi connectivity index (χ4v) is 3.37. The van der Waals surface area contributed by atoms with Crippen LogP contribution in [0.25, 0.3) is 10.9 Å². The largest absolute Gasteiger partial charge is 0.493 e. The first-order valence-electron chi connectivity index (χ1n) is 8.90. The lowest BCUT2D eigenvalue weighted by atomic mass is 10.0. The maximum absolute atomic E-state index is 9.29. The molecule has 0 atom stereocenters. The van der Waals surface area contributed by atoms with Crippen molar-refractivity contribution in [2.75, 3.05) is 32.6 Å². The Balaban J connectivity index is 1.93. The number of nitrogens with one attached hydrogen (secondary N) is 1. The number of likely N-dealkylation sites (tertiary alicyclic amines) is 1. The molecule has 1 aliphatic heterocycles. The van der Waals surface area contributed by atoms with Gasteiger partial charge in [-0.25, -0.2) is 9.97 Å². The van der Waals surface area contributed by atoms with E-state index >= 15 is 0 Å². The fraction of sp³-hybridized carbons (Fsp3) is 0.526. The Morgan fingerprint density at radius 3 is 2.38 bits per heavy atom. The first-order valence-corrected chi connectivity index (χ1v) is 8.90. The van der Waals surface area contributed by atoms with Gasteiger partial charge in [0.25, 0.3) is 0 Å². The van der Waals surface area contributed by atoms with E-state index in [4.69, 9.17) is 9.47 Å². The van der Waals surface area contributed by atoms with Crippen LogP contribution < -0.4 is 14.8 Å². The number of anilines is 1. The standard InChI is InChI=1S/C19H25N5O2/c1-12(2)24-7-5-13(6-8-24)21-19-14-9-16(25-3)17(26-4)10-15(14)22-18(11-20)23-19/h9-10,12-13H,5-8H2,1-4H3,(H,21,22,23). The van der Waals surface area contributed by atoms with Crippen molar-refractivity contribution in [3.05, 3.63) is 18.0 Å². The molecule has 0 aliphatic carbocycles. The van der Waals surface area contributed by atoms with E-state index in [-0.39, 0.29) is 5.82 Å². The third-order valence-electron chi connectivity index (χ3n) is 4.90. The van der Waals surface area contributed by atoms with E-state index in [2.05, 4.69) is 34.0 Å². The minimum atomic E-state index is 0.145.